The average molecular weight is 356 g/mol. The summed E-state index contributed by atoms with van der Waals surface area (Å²) in [5.74, 6) is 0. The van der Waals surface area contributed by atoms with Crippen molar-refractivity contribution in [1.82, 2.24) is 0 Å². The van der Waals surface area contributed by atoms with Gasteiger partial charge in [-0.1, -0.05) is 30.3 Å². The molecule has 1 aromatic carbocycles. The van der Waals surface area contributed by atoms with Gasteiger partial charge in [0.2, 0.25) is 4.58 Å². The zero-order valence-corrected chi connectivity index (χ0v) is 11.3. The van der Waals surface area contributed by atoms with E-state index in [2.05, 4.69) is 0 Å². The van der Waals surface area contributed by atoms with Crippen LogP contribution in [-0.2, 0) is 19.7 Å². The minimum absolute atomic E-state index is 0.553. The van der Waals surface area contributed by atoms with Crippen molar-refractivity contribution >= 4 is 19.7 Å². The lowest BCUT2D eigenvalue weighted by atomic mass is 10.2. The molecule has 0 atom stereocenters. The molecule has 0 radical (unpaired) electrons. The minimum Gasteiger partial charge on any atom is -0.218 e. The van der Waals surface area contributed by atoms with Gasteiger partial charge in [0, 0.05) is 0 Å². The molecule has 1 aromatic rings. The summed E-state index contributed by atoms with van der Waals surface area (Å²) >= 11 is 0. The number of hydrogen-bond donors (Lipinski definition) is 0. The van der Waals surface area contributed by atoms with Gasteiger partial charge in [0.1, 0.15) is 0 Å². The molecule has 0 unspecified atom stereocenters. The van der Waals surface area contributed by atoms with E-state index >= 15 is 0 Å². The van der Waals surface area contributed by atoms with E-state index in [0.717, 1.165) is 12.1 Å². The fraction of sp³-hybridized carbons (Fsp3) is 0.333. The normalized spacial score (nSPS) is 14.4. The lowest BCUT2D eigenvalue weighted by molar-refractivity contribution is -0.0472. The molecule has 0 fully saturated rings. The smallest absolute Gasteiger partial charge is 0.218 e. The molecule has 0 aliphatic rings. The van der Waals surface area contributed by atoms with E-state index in [-0.39, 0.29) is 0 Å². The number of alkyl halides is 6. The number of halogens is 6. The van der Waals surface area contributed by atoms with E-state index in [4.69, 9.17) is 0 Å². The molecular formula is C9H6F6O4S2. The van der Waals surface area contributed by atoms with Crippen LogP contribution in [-0.4, -0.2) is 27.9 Å². The summed E-state index contributed by atoms with van der Waals surface area (Å²) in [7, 11) is -13.3. The fourth-order valence-corrected chi connectivity index (χ4v) is 4.88. The SMILES string of the molecule is O=S(=O)(C(c1ccccc1)S(=O)(=O)C(F)(F)F)C(F)(F)F. The van der Waals surface area contributed by atoms with Gasteiger partial charge < -0.3 is 0 Å². The van der Waals surface area contributed by atoms with E-state index in [0.29, 0.717) is 12.1 Å². The van der Waals surface area contributed by atoms with Gasteiger partial charge in [-0.2, -0.15) is 26.3 Å². The summed E-state index contributed by atoms with van der Waals surface area (Å²) < 4.78 is 116. The Labute approximate surface area is 115 Å². The summed E-state index contributed by atoms with van der Waals surface area (Å²) in [6.45, 7) is 0. The Morgan fingerprint density at radius 1 is 0.714 bits per heavy atom. The molecule has 0 heterocycles. The van der Waals surface area contributed by atoms with Crippen molar-refractivity contribution in [2.75, 3.05) is 0 Å². The summed E-state index contributed by atoms with van der Waals surface area (Å²) in [6.07, 6.45) is 0. The third kappa shape index (κ3) is 3.15. The Morgan fingerprint density at radius 3 is 1.33 bits per heavy atom. The maximum atomic E-state index is 12.5. The second kappa shape index (κ2) is 5.16. The lowest BCUT2D eigenvalue weighted by Gasteiger charge is -2.21. The quantitative estimate of drug-likeness (QED) is 0.781. The molecular weight excluding hydrogens is 350 g/mol. The van der Waals surface area contributed by atoms with Gasteiger partial charge in [0.15, 0.2) is 0 Å². The Bertz CT molecular complexity index is 659. The molecule has 0 saturated carbocycles. The Kier molecular flexibility index (Phi) is 4.36. The molecule has 0 spiro atoms. The number of benzene rings is 1. The Balaban J connectivity index is 3.72. The highest BCUT2D eigenvalue weighted by Gasteiger charge is 2.63. The topological polar surface area (TPSA) is 68.3 Å². The van der Waals surface area contributed by atoms with Gasteiger partial charge in [-0.3, -0.25) is 0 Å². The van der Waals surface area contributed by atoms with Crippen LogP contribution >= 0.6 is 0 Å². The number of sulfone groups is 2. The van der Waals surface area contributed by atoms with Crippen molar-refractivity contribution in [2.24, 2.45) is 0 Å². The maximum Gasteiger partial charge on any atom is 0.499 e. The average Bonchev–Trinajstić information content (AvgIpc) is 2.26. The third-order valence-corrected chi connectivity index (χ3v) is 6.76. The van der Waals surface area contributed by atoms with Crippen molar-refractivity contribution in [3.63, 3.8) is 0 Å². The Morgan fingerprint density at radius 2 is 1.05 bits per heavy atom. The lowest BCUT2D eigenvalue weighted by Crippen LogP contribution is -2.39. The van der Waals surface area contributed by atoms with Gasteiger partial charge in [0.25, 0.3) is 19.7 Å². The molecule has 120 valence electrons. The molecule has 0 amide bonds. The molecule has 0 aliphatic heterocycles. The molecule has 21 heavy (non-hydrogen) atoms. The monoisotopic (exact) mass is 356 g/mol. The third-order valence-electron chi connectivity index (χ3n) is 2.28. The van der Waals surface area contributed by atoms with E-state index < -0.39 is 40.8 Å². The van der Waals surface area contributed by atoms with Gasteiger partial charge in [0.05, 0.1) is 0 Å². The van der Waals surface area contributed by atoms with Crippen molar-refractivity contribution in [3.8, 4) is 0 Å². The zero-order chi connectivity index (χ0) is 16.7. The van der Waals surface area contributed by atoms with Crippen LogP contribution < -0.4 is 0 Å². The predicted molar refractivity (Wildman–Crippen MR) is 59.1 cm³/mol. The highest BCUT2D eigenvalue weighted by Crippen LogP contribution is 2.44. The molecule has 0 N–H and O–H groups in total. The van der Waals surface area contributed by atoms with Crippen LogP contribution in [0.4, 0.5) is 26.3 Å². The number of hydrogen-bond acceptors (Lipinski definition) is 4. The first kappa shape index (κ1) is 17.8. The standard InChI is InChI=1S/C9H6F6O4S2/c10-8(11,12)20(16,17)7(6-4-2-1-3-5-6)21(18,19)9(13,14)15/h1-5,7H. The highest BCUT2D eigenvalue weighted by molar-refractivity contribution is 8.09. The first-order valence-corrected chi connectivity index (χ1v) is 7.97. The maximum absolute atomic E-state index is 12.5. The molecule has 0 aromatic heterocycles. The second-order valence-corrected chi connectivity index (χ2v) is 8.07. The van der Waals surface area contributed by atoms with Crippen LogP contribution in [0.3, 0.4) is 0 Å². The van der Waals surface area contributed by atoms with Gasteiger partial charge in [-0.05, 0) is 5.56 Å². The van der Waals surface area contributed by atoms with E-state index in [9.17, 15) is 43.2 Å². The predicted octanol–water partition coefficient (Wildman–Crippen LogP) is 2.55. The van der Waals surface area contributed by atoms with Crippen LogP contribution in [0.2, 0.25) is 0 Å². The van der Waals surface area contributed by atoms with E-state index in [1.807, 2.05) is 0 Å². The highest BCUT2D eigenvalue weighted by atomic mass is 32.3. The van der Waals surface area contributed by atoms with Gasteiger partial charge in [-0.25, -0.2) is 16.8 Å². The summed E-state index contributed by atoms with van der Waals surface area (Å²) in [5, 5.41) is 0. The van der Waals surface area contributed by atoms with Gasteiger partial charge in [-0.15, -0.1) is 0 Å². The number of rotatable bonds is 3. The van der Waals surface area contributed by atoms with Crippen LogP contribution in [0.25, 0.3) is 0 Å². The van der Waals surface area contributed by atoms with Crippen LogP contribution in [0.1, 0.15) is 10.1 Å². The first-order chi connectivity index (χ1) is 9.23. The summed E-state index contributed by atoms with van der Waals surface area (Å²) in [4.78, 5) is 0. The molecule has 0 aliphatic carbocycles. The Hall–Kier alpha value is -1.30. The molecule has 1 rings (SSSR count). The van der Waals surface area contributed by atoms with Crippen LogP contribution in [0, 0.1) is 0 Å². The molecule has 4 nitrogen and oxygen atoms in total. The molecule has 0 saturated heterocycles. The largest absolute Gasteiger partial charge is 0.499 e. The zero-order valence-electron chi connectivity index (χ0n) is 9.68. The minimum atomic E-state index is -6.64. The second-order valence-electron chi connectivity index (χ2n) is 3.72. The van der Waals surface area contributed by atoms with Crippen molar-refractivity contribution in [1.29, 1.82) is 0 Å². The van der Waals surface area contributed by atoms with Gasteiger partial charge >= 0.3 is 11.0 Å². The fourth-order valence-electron chi connectivity index (χ4n) is 1.38. The molecule has 0 bridgehead atoms. The van der Waals surface area contributed by atoms with Crippen LogP contribution in [0.15, 0.2) is 30.3 Å². The van der Waals surface area contributed by atoms with Crippen molar-refractivity contribution in [3.05, 3.63) is 35.9 Å². The molecule has 12 heteroatoms. The van der Waals surface area contributed by atoms with E-state index in [1.54, 1.807) is 0 Å². The van der Waals surface area contributed by atoms with Crippen molar-refractivity contribution in [2.45, 2.75) is 15.6 Å². The van der Waals surface area contributed by atoms with Crippen LogP contribution in [0.5, 0.6) is 0 Å². The summed E-state index contributed by atoms with van der Waals surface area (Å²) in [6, 6.07) is 4.11. The summed E-state index contributed by atoms with van der Waals surface area (Å²) in [5.41, 5.74) is -13.5. The van der Waals surface area contributed by atoms with E-state index in [1.165, 1.54) is 6.07 Å². The first-order valence-electron chi connectivity index (χ1n) is 4.88. The van der Waals surface area contributed by atoms with Crippen molar-refractivity contribution < 1.29 is 43.2 Å².